The van der Waals surface area contributed by atoms with Gasteiger partial charge in [0.25, 0.3) is 0 Å². The van der Waals surface area contributed by atoms with Gasteiger partial charge in [-0.25, -0.2) is 4.79 Å². The SMILES string of the molecule is COc1ccccc1C1CC(C)=NC(C)=C1OC(=O)c1cccnc1. The number of aliphatic imine (C=N–C) groups is 1. The standard InChI is InChI=1S/C20H20N2O3/c1-13-11-17(16-8-4-5-9-18(16)24-3)19(14(2)22-13)25-20(23)15-7-6-10-21-12-15/h4-10,12,17H,11H2,1-3H3. The van der Waals surface area contributed by atoms with E-state index in [4.69, 9.17) is 9.47 Å². The van der Waals surface area contributed by atoms with E-state index >= 15 is 0 Å². The topological polar surface area (TPSA) is 60.8 Å². The van der Waals surface area contributed by atoms with Crippen molar-refractivity contribution in [3.8, 4) is 5.75 Å². The lowest BCUT2D eigenvalue weighted by atomic mass is 9.88. The predicted octanol–water partition coefficient (Wildman–Crippen LogP) is 4.13. The molecule has 2 aromatic rings. The zero-order chi connectivity index (χ0) is 17.8. The summed E-state index contributed by atoms with van der Waals surface area (Å²) in [5.41, 5.74) is 3.09. The summed E-state index contributed by atoms with van der Waals surface area (Å²) in [6.45, 7) is 3.84. The molecule has 0 bridgehead atoms. The molecular weight excluding hydrogens is 316 g/mol. The third kappa shape index (κ3) is 3.60. The first-order chi connectivity index (χ1) is 12.1. The Balaban J connectivity index is 1.98. The van der Waals surface area contributed by atoms with Crippen LogP contribution in [0.4, 0.5) is 0 Å². The number of carbonyl (C=O) groups excluding carboxylic acids is 1. The Morgan fingerprint density at radius 2 is 1.96 bits per heavy atom. The van der Waals surface area contributed by atoms with Crippen LogP contribution in [-0.2, 0) is 4.74 Å². The second-order valence-electron chi connectivity index (χ2n) is 5.93. The molecular formula is C20H20N2O3. The molecule has 3 rings (SSSR count). The largest absolute Gasteiger partial charge is 0.496 e. The minimum atomic E-state index is -0.433. The van der Waals surface area contributed by atoms with Crippen LogP contribution in [0.15, 0.2) is 65.2 Å². The van der Waals surface area contributed by atoms with Gasteiger partial charge >= 0.3 is 5.97 Å². The van der Waals surface area contributed by atoms with Gasteiger partial charge < -0.3 is 9.47 Å². The molecule has 1 unspecified atom stereocenters. The lowest BCUT2D eigenvalue weighted by Gasteiger charge is -2.26. The fourth-order valence-electron chi connectivity index (χ4n) is 3.02. The quantitative estimate of drug-likeness (QED) is 0.788. The number of hydrogen-bond donors (Lipinski definition) is 0. The Bertz CT molecular complexity index is 841. The monoisotopic (exact) mass is 336 g/mol. The number of pyridine rings is 1. The number of para-hydroxylation sites is 1. The van der Waals surface area contributed by atoms with Crippen LogP contribution in [0.25, 0.3) is 0 Å². The first-order valence-electron chi connectivity index (χ1n) is 8.10. The fourth-order valence-corrected chi connectivity index (χ4v) is 3.02. The Kier molecular flexibility index (Phi) is 4.93. The molecule has 1 aromatic heterocycles. The summed E-state index contributed by atoms with van der Waals surface area (Å²) < 4.78 is 11.2. The van der Waals surface area contributed by atoms with E-state index in [1.807, 2.05) is 38.1 Å². The molecule has 0 saturated carbocycles. The van der Waals surface area contributed by atoms with Crippen LogP contribution < -0.4 is 4.74 Å². The molecule has 2 heterocycles. The lowest BCUT2D eigenvalue weighted by molar-refractivity contribution is 0.0598. The summed E-state index contributed by atoms with van der Waals surface area (Å²) in [6.07, 6.45) is 3.79. The Hall–Kier alpha value is -2.95. The number of hydrogen-bond acceptors (Lipinski definition) is 5. The third-order valence-corrected chi connectivity index (χ3v) is 4.15. The van der Waals surface area contributed by atoms with Gasteiger partial charge in [-0.1, -0.05) is 18.2 Å². The van der Waals surface area contributed by atoms with Gasteiger partial charge in [-0.05, 0) is 38.5 Å². The van der Waals surface area contributed by atoms with E-state index in [0.717, 1.165) is 17.0 Å². The maximum Gasteiger partial charge on any atom is 0.344 e. The zero-order valence-corrected chi connectivity index (χ0v) is 14.5. The van der Waals surface area contributed by atoms with Crippen LogP contribution in [0, 0.1) is 0 Å². The molecule has 1 aliphatic rings. The van der Waals surface area contributed by atoms with Crippen molar-refractivity contribution < 1.29 is 14.3 Å². The van der Waals surface area contributed by atoms with Crippen LogP contribution in [0.5, 0.6) is 5.75 Å². The molecule has 0 spiro atoms. The third-order valence-electron chi connectivity index (χ3n) is 4.15. The number of methoxy groups -OCH3 is 1. The molecule has 5 nitrogen and oxygen atoms in total. The summed E-state index contributed by atoms with van der Waals surface area (Å²) in [6, 6.07) is 11.2. The van der Waals surface area contributed by atoms with Gasteiger partial charge in [0.05, 0.1) is 24.3 Å². The molecule has 128 valence electrons. The normalized spacial score (nSPS) is 17.1. The first kappa shape index (κ1) is 16.9. The van der Waals surface area contributed by atoms with Gasteiger partial charge in [0, 0.05) is 23.7 Å². The average Bonchev–Trinajstić information content (AvgIpc) is 2.64. The molecule has 0 aliphatic carbocycles. The van der Waals surface area contributed by atoms with E-state index in [9.17, 15) is 4.79 Å². The van der Waals surface area contributed by atoms with Crippen molar-refractivity contribution in [3.63, 3.8) is 0 Å². The van der Waals surface area contributed by atoms with E-state index in [-0.39, 0.29) is 5.92 Å². The Morgan fingerprint density at radius 1 is 1.16 bits per heavy atom. The van der Waals surface area contributed by atoms with Crippen molar-refractivity contribution in [2.75, 3.05) is 7.11 Å². The first-order valence-corrected chi connectivity index (χ1v) is 8.10. The Labute approximate surface area is 147 Å². The molecule has 25 heavy (non-hydrogen) atoms. The highest BCUT2D eigenvalue weighted by atomic mass is 16.5. The van der Waals surface area contributed by atoms with Gasteiger partial charge in [-0.3, -0.25) is 9.98 Å². The number of allylic oxidation sites excluding steroid dienone is 2. The molecule has 0 N–H and O–H groups in total. The number of aromatic nitrogens is 1. The number of ether oxygens (including phenoxy) is 2. The summed E-state index contributed by atoms with van der Waals surface area (Å²) in [5, 5.41) is 0. The van der Waals surface area contributed by atoms with Crippen molar-refractivity contribution >= 4 is 11.7 Å². The Morgan fingerprint density at radius 3 is 2.68 bits per heavy atom. The van der Waals surface area contributed by atoms with Crippen LogP contribution in [-0.4, -0.2) is 23.8 Å². The molecule has 1 aromatic carbocycles. The van der Waals surface area contributed by atoms with Gasteiger partial charge in [-0.15, -0.1) is 0 Å². The van der Waals surface area contributed by atoms with Crippen molar-refractivity contribution in [2.24, 2.45) is 4.99 Å². The van der Waals surface area contributed by atoms with Gasteiger partial charge in [0.1, 0.15) is 11.5 Å². The second-order valence-corrected chi connectivity index (χ2v) is 5.93. The summed E-state index contributed by atoms with van der Waals surface area (Å²) in [4.78, 5) is 21.0. The molecule has 5 heteroatoms. The number of benzene rings is 1. The maximum atomic E-state index is 12.5. The fraction of sp³-hybridized carbons (Fsp3) is 0.250. The van der Waals surface area contributed by atoms with E-state index in [1.54, 1.807) is 25.4 Å². The highest BCUT2D eigenvalue weighted by molar-refractivity contribution is 5.90. The van der Waals surface area contributed by atoms with Crippen LogP contribution in [0.2, 0.25) is 0 Å². The highest BCUT2D eigenvalue weighted by Crippen LogP contribution is 2.39. The van der Waals surface area contributed by atoms with Gasteiger partial charge in [-0.2, -0.15) is 0 Å². The smallest absolute Gasteiger partial charge is 0.344 e. The summed E-state index contributed by atoms with van der Waals surface area (Å²) in [7, 11) is 1.64. The lowest BCUT2D eigenvalue weighted by Crippen LogP contribution is -2.19. The molecule has 0 amide bonds. The predicted molar refractivity (Wildman–Crippen MR) is 95.8 cm³/mol. The zero-order valence-electron chi connectivity index (χ0n) is 14.5. The molecule has 1 aliphatic heterocycles. The van der Waals surface area contributed by atoms with E-state index in [0.29, 0.717) is 23.4 Å². The number of esters is 1. The van der Waals surface area contributed by atoms with Crippen LogP contribution in [0.3, 0.4) is 0 Å². The minimum absolute atomic E-state index is 0.116. The maximum absolute atomic E-state index is 12.5. The van der Waals surface area contributed by atoms with E-state index < -0.39 is 5.97 Å². The van der Waals surface area contributed by atoms with Crippen LogP contribution in [0.1, 0.15) is 42.1 Å². The summed E-state index contributed by atoms with van der Waals surface area (Å²) >= 11 is 0. The van der Waals surface area contributed by atoms with Crippen molar-refractivity contribution in [1.29, 1.82) is 0 Å². The highest BCUT2D eigenvalue weighted by Gasteiger charge is 2.29. The number of nitrogens with zero attached hydrogens (tertiary/aromatic N) is 2. The van der Waals surface area contributed by atoms with E-state index in [1.165, 1.54) is 6.20 Å². The summed E-state index contributed by atoms with van der Waals surface area (Å²) in [5.74, 6) is 0.778. The van der Waals surface area contributed by atoms with Gasteiger partial charge in [0.2, 0.25) is 0 Å². The molecule has 0 fully saturated rings. The van der Waals surface area contributed by atoms with Crippen molar-refractivity contribution in [3.05, 3.63) is 71.4 Å². The van der Waals surface area contributed by atoms with E-state index in [2.05, 4.69) is 9.98 Å². The minimum Gasteiger partial charge on any atom is -0.496 e. The second kappa shape index (κ2) is 7.30. The number of carbonyl (C=O) groups is 1. The molecule has 0 radical (unpaired) electrons. The van der Waals surface area contributed by atoms with Crippen molar-refractivity contribution in [1.82, 2.24) is 4.98 Å². The molecule has 0 saturated heterocycles. The van der Waals surface area contributed by atoms with Crippen molar-refractivity contribution in [2.45, 2.75) is 26.2 Å². The van der Waals surface area contributed by atoms with Gasteiger partial charge in [0.15, 0.2) is 0 Å². The molecule has 1 atom stereocenters. The number of rotatable bonds is 4. The van der Waals surface area contributed by atoms with Crippen LogP contribution >= 0.6 is 0 Å². The average molecular weight is 336 g/mol.